The zero-order valence-corrected chi connectivity index (χ0v) is 26.0. The van der Waals surface area contributed by atoms with Crippen LogP contribution < -0.4 is 19.8 Å². The molecule has 3 atom stereocenters. The zero-order chi connectivity index (χ0) is 31.3. The van der Waals surface area contributed by atoms with Gasteiger partial charge in [-0.1, -0.05) is 56.7 Å². The first-order valence-corrected chi connectivity index (χ1v) is 15.7. The van der Waals surface area contributed by atoms with Gasteiger partial charge in [0.05, 0.1) is 22.2 Å². The highest BCUT2D eigenvalue weighted by atomic mass is 79.9. The van der Waals surface area contributed by atoms with Crippen LogP contribution in [-0.2, 0) is 20.6 Å². The van der Waals surface area contributed by atoms with E-state index in [2.05, 4.69) is 26.2 Å². The number of ether oxygens (including phenoxy) is 1. The van der Waals surface area contributed by atoms with Gasteiger partial charge >= 0.3 is 11.0 Å². The normalized spacial score (nSPS) is 19.5. The van der Waals surface area contributed by atoms with Gasteiger partial charge in [-0.2, -0.15) is 13.2 Å². The Bertz CT molecular complexity index is 1860. The van der Waals surface area contributed by atoms with Gasteiger partial charge in [-0.05, 0) is 60.7 Å². The number of thioether (sulfide) groups is 1. The number of aromatic amines is 1. The summed E-state index contributed by atoms with van der Waals surface area (Å²) in [5, 5.41) is 2.53. The Morgan fingerprint density at radius 2 is 1.80 bits per heavy atom. The summed E-state index contributed by atoms with van der Waals surface area (Å²) in [6.45, 7) is -0.410. The average molecular weight is 725 g/mol. The summed E-state index contributed by atoms with van der Waals surface area (Å²) in [5.41, 5.74) is -0.294. The Labute approximate surface area is 268 Å². The SMILES string of the molecule is O=C(COc1ccc(Br)cc1[C@H]1c2sc(=O)[nH]c2SC2C(=O)N(c3cccc(C(F)(F)F)c3)C(=O)C21)Nc1ccc(Cl)cc1. The molecular weight excluding hydrogens is 707 g/mol. The minimum absolute atomic E-state index is 0.204. The van der Waals surface area contributed by atoms with Gasteiger partial charge < -0.3 is 15.0 Å². The highest BCUT2D eigenvalue weighted by Gasteiger charge is 2.57. The fourth-order valence-corrected chi connectivity index (χ4v) is 8.21. The summed E-state index contributed by atoms with van der Waals surface area (Å²) in [6.07, 6.45) is -4.68. The molecule has 1 aromatic heterocycles. The molecule has 2 unspecified atom stereocenters. The van der Waals surface area contributed by atoms with E-state index in [1.54, 1.807) is 42.5 Å². The van der Waals surface area contributed by atoms with E-state index in [0.717, 1.165) is 46.2 Å². The molecule has 44 heavy (non-hydrogen) atoms. The van der Waals surface area contributed by atoms with Crippen molar-refractivity contribution in [1.29, 1.82) is 0 Å². The molecule has 226 valence electrons. The van der Waals surface area contributed by atoms with E-state index >= 15 is 0 Å². The van der Waals surface area contributed by atoms with Crippen LogP contribution in [0.15, 0.2) is 81.0 Å². The molecule has 0 aliphatic carbocycles. The standard InChI is InChI=1S/C29H18BrClF3N3O5S2/c30-14-4-9-19(42-12-20(38)35-16-7-5-15(31)6-8-16)18(11-14)21-22-24(43-25-23(21)44-28(41)36-25)27(40)37(26(22)39)17-3-1-2-13(10-17)29(32,33)34/h1-11,21-22,24H,12H2,(H,35,38)(H,36,41)/t21-,22?,24?/m1/s1. The fraction of sp³-hybridized carbons (Fsp3) is 0.172. The summed E-state index contributed by atoms with van der Waals surface area (Å²) in [7, 11) is 0. The Morgan fingerprint density at radius 1 is 1.05 bits per heavy atom. The molecule has 1 saturated heterocycles. The summed E-state index contributed by atoms with van der Waals surface area (Å²) in [6, 6.07) is 15.4. The topological polar surface area (TPSA) is 109 Å². The van der Waals surface area contributed by atoms with Crippen LogP contribution >= 0.6 is 50.6 Å². The van der Waals surface area contributed by atoms with E-state index in [-0.39, 0.29) is 11.4 Å². The van der Waals surface area contributed by atoms with E-state index in [1.165, 1.54) is 6.07 Å². The van der Waals surface area contributed by atoms with Crippen molar-refractivity contribution < 1.29 is 32.3 Å². The van der Waals surface area contributed by atoms with Crippen molar-refractivity contribution in [2.75, 3.05) is 16.8 Å². The van der Waals surface area contributed by atoms with Crippen molar-refractivity contribution in [3.63, 3.8) is 0 Å². The van der Waals surface area contributed by atoms with E-state index in [9.17, 15) is 32.3 Å². The first-order chi connectivity index (χ1) is 20.9. The van der Waals surface area contributed by atoms with Gasteiger partial charge in [-0.15, -0.1) is 0 Å². The first-order valence-electron chi connectivity index (χ1n) is 12.8. The average Bonchev–Trinajstić information content (AvgIpc) is 3.47. The van der Waals surface area contributed by atoms with Crippen molar-refractivity contribution in [3.05, 3.63) is 102 Å². The third-order valence-electron chi connectivity index (χ3n) is 7.05. The maximum Gasteiger partial charge on any atom is 0.416 e. The molecule has 0 saturated carbocycles. The summed E-state index contributed by atoms with van der Waals surface area (Å²) in [4.78, 5) is 56.4. The van der Waals surface area contributed by atoms with Gasteiger partial charge in [0.1, 0.15) is 11.0 Å². The summed E-state index contributed by atoms with van der Waals surface area (Å²) in [5.74, 6) is -3.64. The van der Waals surface area contributed by atoms with Crippen LogP contribution in [-0.4, -0.2) is 34.6 Å². The molecule has 0 spiro atoms. The molecule has 3 heterocycles. The van der Waals surface area contributed by atoms with E-state index in [4.69, 9.17) is 16.3 Å². The number of benzene rings is 3. The number of hydrogen-bond acceptors (Lipinski definition) is 7. The number of alkyl halides is 3. The molecule has 2 N–H and O–H groups in total. The van der Waals surface area contributed by atoms with Crippen LogP contribution in [0.5, 0.6) is 5.75 Å². The minimum atomic E-state index is -4.68. The lowest BCUT2D eigenvalue weighted by Gasteiger charge is -2.31. The van der Waals surface area contributed by atoms with E-state index in [1.807, 2.05) is 0 Å². The molecule has 0 radical (unpaired) electrons. The van der Waals surface area contributed by atoms with Crippen molar-refractivity contribution in [2.24, 2.45) is 5.92 Å². The number of amides is 3. The maximum atomic E-state index is 14.0. The second kappa shape index (κ2) is 11.7. The molecule has 4 aromatic rings. The molecule has 3 amide bonds. The molecule has 8 nitrogen and oxygen atoms in total. The second-order valence-electron chi connectivity index (χ2n) is 9.84. The Balaban J connectivity index is 1.36. The molecule has 15 heteroatoms. The molecule has 1 fully saturated rings. The van der Waals surface area contributed by atoms with Gasteiger partial charge in [-0.25, -0.2) is 4.90 Å². The molecule has 6 rings (SSSR count). The third-order valence-corrected chi connectivity index (χ3v) is 10.2. The number of rotatable bonds is 6. The predicted molar refractivity (Wildman–Crippen MR) is 164 cm³/mol. The number of anilines is 2. The van der Waals surface area contributed by atoms with Gasteiger partial charge in [0.25, 0.3) is 5.91 Å². The lowest BCUT2D eigenvalue weighted by atomic mass is 9.82. The number of carbonyl (C=O) groups excluding carboxylic acids is 3. The molecule has 2 aliphatic rings. The lowest BCUT2D eigenvalue weighted by Crippen LogP contribution is -2.32. The smallest absolute Gasteiger partial charge is 0.416 e. The molecule has 3 aromatic carbocycles. The predicted octanol–water partition coefficient (Wildman–Crippen LogP) is 6.68. The van der Waals surface area contributed by atoms with Crippen LogP contribution in [0.3, 0.4) is 0 Å². The third kappa shape index (κ3) is 5.78. The Kier molecular flexibility index (Phi) is 8.11. The van der Waals surface area contributed by atoms with Crippen LogP contribution in [0.2, 0.25) is 5.02 Å². The molecular formula is C29H18BrClF3N3O5S2. The lowest BCUT2D eigenvalue weighted by molar-refractivity contribution is -0.137. The van der Waals surface area contributed by atoms with E-state index < -0.39 is 58.0 Å². The maximum absolute atomic E-state index is 14.0. The zero-order valence-electron chi connectivity index (χ0n) is 22.0. The number of carbonyl (C=O) groups is 3. The Hall–Kier alpha value is -3.59. The summed E-state index contributed by atoms with van der Waals surface area (Å²) >= 11 is 11.2. The highest BCUT2D eigenvalue weighted by Crippen LogP contribution is 2.55. The van der Waals surface area contributed by atoms with Gasteiger partial charge in [-0.3, -0.25) is 19.2 Å². The number of halogens is 5. The van der Waals surface area contributed by atoms with Gasteiger partial charge in [0, 0.05) is 31.5 Å². The number of thiazole rings is 1. The highest BCUT2D eigenvalue weighted by molar-refractivity contribution is 9.10. The number of nitrogens with zero attached hydrogens (tertiary/aromatic N) is 1. The monoisotopic (exact) mass is 723 g/mol. The van der Waals surface area contributed by atoms with Crippen molar-refractivity contribution >= 4 is 79.7 Å². The number of fused-ring (bicyclic) bond motifs is 2. The van der Waals surface area contributed by atoms with E-state index in [0.29, 0.717) is 30.6 Å². The summed E-state index contributed by atoms with van der Waals surface area (Å²) < 4.78 is 46.9. The number of aromatic nitrogens is 1. The number of H-pyrrole nitrogens is 1. The van der Waals surface area contributed by atoms with Gasteiger partial charge in [0.15, 0.2) is 6.61 Å². The quantitative estimate of drug-likeness (QED) is 0.215. The first kappa shape index (κ1) is 30.4. The van der Waals surface area contributed by atoms with Crippen LogP contribution in [0.25, 0.3) is 0 Å². The molecule has 0 bridgehead atoms. The van der Waals surface area contributed by atoms with Crippen LogP contribution in [0.4, 0.5) is 24.5 Å². The fourth-order valence-electron chi connectivity index (χ4n) is 5.20. The largest absolute Gasteiger partial charge is 0.483 e. The Morgan fingerprint density at radius 3 is 2.52 bits per heavy atom. The van der Waals surface area contributed by atoms with Crippen molar-refractivity contribution in [1.82, 2.24) is 4.98 Å². The number of hydrogen-bond donors (Lipinski definition) is 2. The van der Waals surface area contributed by atoms with Crippen molar-refractivity contribution in [3.8, 4) is 5.75 Å². The van der Waals surface area contributed by atoms with Crippen molar-refractivity contribution in [2.45, 2.75) is 22.4 Å². The number of nitrogens with one attached hydrogen (secondary N) is 2. The second-order valence-corrected chi connectivity index (χ2v) is 13.4. The van der Waals surface area contributed by atoms with Crippen LogP contribution in [0, 0.1) is 5.92 Å². The minimum Gasteiger partial charge on any atom is -0.483 e. The molecule has 2 aliphatic heterocycles. The van der Waals surface area contributed by atoms with Gasteiger partial charge in [0.2, 0.25) is 11.8 Å². The number of imide groups is 1. The van der Waals surface area contributed by atoms with Crippen LogP contribution in [0.1, 0.15) is 21.9 Å².